The largest absolute Gasteiger partial charge is 0.478 e. The van der Waals surface area contributed by atoms with Crippen molar-refractivity contribution in [3.8, 4) is 0 Å². The lowest BCUT2D eigenvalue weighted by Crippen LogP contribution is -2.21. The molecule has 0 aliphatic rings. The third-order valence-electron chi connectivity index (χ3n) is 2.66. The maximum Gasteiger partial charge on any atom is 0.337 e. The second kappa shape index (κ2) is 5.75. The van der Waals surface area contributed by atoms with Crippen LogP contribution in [0.5, 0.6) is 0 Å². The van der Waals surface area contributed by atoms with Crippen molar-refractivity contribution in [2.24, 2.45) is 0 Å². The van der Waals surface area contributed by atoms with Gasteiger partial charge in [-0.1, -0.05) is 11.6 Å². The van der Waals surface area contributed by atoms with Gasteiger partial charge in [0.15, 0.2) is 0 Å². The highest BCUT2D eigenvalue weighted by Gasteiger charge is 2.10. The molecule has 0 saturated carbocycles. The van der Waals surface area contributed by atoms with Gasteiger partial charge in [0.25, 0.3) is 0 Å². The van der Waals surface area contributed by atoms with E-state index in [1.54, 1.807) is 24.7 Å². The molecule has 2 aromatic rings. The van der Waals surface area contributed by atoms with E-state index in [1.165, 1.54) is 6.07 Å². The number of carboxylic acid groups (broad SMARTS) is 1. The number of benzene rings is 1. The maximum absolute atomic E-state index is 10.9. The van der Waals surface area contributed by atoms with Crippen molar-refractivity contribution in [2.75, 3.05) is 5.32 Å². The van der Waals surface area contributed by atoms with Gasteiger partial charge in [-0.05, 0) is 25.1 Å². The summed E-state index contributed by atoms with van der Waals surface area (Å²) in [5.41, 5.74) is 0.900. The first-order chi connectivity index (χ1) is 9.06. The summed E-state index contributed by atoms with van der Waals surface area (Å²) < 4.78 is 1.96. The van der Waals surface area contributed by atoms with Gasteiger partial charge in [-0.15, -0.1) is 0 Å². The molecule has 1 unspecified atom stereocenters. The van der Waals surface area contributed by atoms with Gasteiger partial charge in [-0.25, -0.2) is 9.78 Å². The predicted octanol–water partition coefficient (Wildman–Crippen LogP) is 2.74. The molecule has 1 heterocycles. The van der Waals surface area contributed by atoms with Gasteiger partial charge in [0.2, 0.25) is 0 Å². The summed E-state index contributed by atoms with van der Waals surface area (Å²) in [6, 6.07) is 4.99. The predicted molar refractivity (Wildman–Crippen MR) is 73.7 cm³/mol. The van der Waals surface area contributed by atoms with E-state index in [0.717, 1.165) is 12.2 Å². The molecule has 0 saturated heterocycles. The monoisotopic (exact) mass is 279 g/mol. The Labute approximate surface area is 115 Å². The van der Waals surface area contributed by atoms with Gasteiger partial charge < -0.3 is 15.0 Å². The van der Waals surface area contributed by atoms with Crippen molar-refractivity contribution in [3.63, 3.8) is 0 Å². The van der Waals surface area contributed by atoms with Gasteiger partial charge in [0, 0.05) is 30.7 Å². The van der Waals surface area contributed by atoms with E-state index in [0.29, 0.717) is 0 Å². The smallest absolute Gasteiger partial charge is 0.337 e. The van der Waals surface area contributed by atoms with E-state index in [2.05, 4.69) is 10.3 Å². The molecule has 2 N–H and O–H groups in total. The first-order valence-corrected chi connectivity index (χ1v) is 6.19. The summed E-state index contributed by atoms with van der Waals surface area (Å²) in [5.74, 6) is -1.02. The zero-order valence-corrected chi connectivity index (χ0v) is 11.1. The third-order valence-corrected chi connectivity index (χ3v) is 2.97. The summed E-state index contributed by atoms with van der Waals surface area (Å²) >= 11 is 5.91. The molecule has 19 heavy (non-hydrogen) atoms. The topological polar surface area (TPSA) is 67.2 Å². The molecule has 1 aromatic carbocycles. The fraction of sp³-hybridized carbons (Fsp3) is 0.231. The maximum atomic E-state index is 10.9. The van der Waals surface area contributed by atoms with E-state index < -0.39 is 5.97 Å². The van der Waals surface area contributed by atoms with Crippen LogP contribution in [0.4, 0.5) is 5.69 Å². The van der Waals surface area contributed by atoms with Crippen LogP contribution in [0, 0.1) is 0 Å². The first kappa shape index (κ1) is 13.4. The number of hydrogen-bond donors (Lipinski definition) is 2. The van der Waals surface area contributed by atoms with Crippen molar-refractivity contribution in [1.82, 2.24) is 9.55 Å². The lowest BCUT2D eigenvalue weighted by molar-refractivity contribution is 0.0697. The normalized spacial score (nSPS) is 12.1. The Morgan fingerprint density at radius 1 is 1.58 bits per heavy atom. The number of rotatable bonds is 5. The summed E-state index contributed by atoms with van der Waals surface area (Å²) in [4.78, 5) is 14.8. The van der Waals surface area contributed by atoms with Crippen LogP contribution in [0.1, 0.15) is 17.3 Å². The van der Waals surface area contributed by atoms with Crippen LogP contribution in [-0.4, -0.2) is 26.7 Å². The molecule has 2 rings (SSSR count). The molecule has 0 aliphatic carbocycles. The lowest BCUT2D eigenvalue weighted by Gasteiger charge is -2.16. The number of hydrogen-bond acceptors (Lipinski definition) is 3. The summed E-state index contributed by atoms with van der Waals surface area (Å²) in [5, 5.41) is 12.4. The molecular weight excluding hydrogens is 266 g/mol. The Bertz CT molecular complexity index is 569. The van der Waals surface area contributed by atoms with Crippen molar-refractivity contribution in [2.45, 2.75) is 19.5 Å². The molecular formula is C13H14ClN3O2. The number of aromatic carboxylic acids is 1. The van der Waals surface area contributed by atoms with Crippen LogP contribution in [0.2, 0.25) is 5.02 Å². The van der Waals surface area contributed by atoms with Crippen molar-refractivity contribution < 1.29 is 9.90 Å². The van der Waals surface area contributed by atoms with Crippen molar-refractivity contribution in [1.29, 1.82) is 0 Å². The highest BCUT2D eigenvalue weighted by atomic mass is 35.5. The fourth-order valence-electron chi connectivity index (χ4n) is 1.82. The first-order valence-electron chi connectivity index (χ1n) is 5.81. The van der Waals surface area contributed by atoms with E-state index in [9.17, 15) is 4.79 Å². The molecule has 5 nitrogen and oxygen atoms in total. The van der Waals surface area contributed by atoms with Crippen molar-refractivity contribution >= 4 is 23.3 Å². The van der Waals surface area contributed by atoms with Crippen molar-refractivity contribution in [3.05, 3.63) is 47.5 Å². The number of nitrogens with zero attached hydrogens (tertiary/aromatic N) is 2. The molecule has 0 radical (unpaired) electrons. The number of imidazole rings is 1. The van der Waals surface area contributed by atoms with Crippen LogP contribution in [-0.2, 0) is 6.54 Å². The average molecular weight is 280 g/mol. The number of aromatic nitrogens is 2. The number of carboxylic acids is 1. The highest BCUT2D eigenvalue weighted by Crippen LogP contribution is 2.21. The molecule has 0 aliphatic heterocycles. The summed E-state index contributed by atoms with van der Waals surface area (Å²) in [7, 11) is 0. The zero-order valence-electron chi connectivity index (χ0n) is 10.4. The van der Waals surface area contributed by atoms with Gasteiger partial charge in [-0.2, -0.15) is 0 Å². The Morgan fingerprint density at radius 2 is 2.37 bits per heavy atom. The molecule has 0 fully saturated rings. The second-order valence-electron chi connectivity index (χ2n) is 4.30. The highest BCUT2D eigenvalue weighted by molar-refractivity contribution is 6.33. The van der Waals surface area contributed by atoms with E-state index in [-0.39, 0.29) is 16.6 Å². The third kappa shape index (κ3) is 3.48. The SMILES string of the molecule is CC(Cn1ccnc1)Nc1ccc(C(=O)O)c(Cl)c1. The van der Waals surface area contributed by atoms with Crippen LogP contribution in [0.3, 0.4) is 0 Å². The quantitative estimate of drug-likeness (QED) is 0.883. The molecule has 0 amide bonds. The minimum Gasteiger partial charge on any atom is -0.478 e. The molecule has 100 valence electrons. The Morgan fingerprint density at radius 3 is 2.95 bits per heavy atom. The second-order valence-corrected chi connectivity index (χ2v) is 4.71. The number of nitrogens with one attached hydrogen (secondary N) is 1. The van der Waals surface area contributed by atoms with Crippen LogP contribution in [0.15, 0.2) is 36.9 Å². The molecule has 6 heteroatoms. The minimum atomic E-state index is -1.02. The number of halogens is 1. The molecule has 0 bridgehead atoms. The Balaban J connectivity index is 2.03. The average Bonchev–Trinajstić information content (AvgIpc) is 2.81. The fourth-order valence-corrected chi connectivity index (χ4v) is 2.08. The van der Waals surface area contributed by atoms with E-state index in [4.69, 9.17) is 16.7 Å². The van der Waals surface area contributed by atoms with Crippen LogP contribution in [0.25, 0.3) is 0 Å². The zero-order chi connectivity index (χ0) is 13.8. The van der Waals surface area contributed by atoms with Gasteiger partial charge in [0.1, 0.15) is 0 Å². The Hall–Kier alpha value is -2.01. The van der Waals surface area contributed by atoms with Gasteiger partial charge >= 0.3 is 5.97 Å². The lowest BCUT2D eigenvalue weighted by atomic mass is 10.2. The molecule has 0 spiro atoms. The molecule has 1 aromatic heterocycles. The van der Waals surface area contributed by atoms with Gasteiger partial charge in [-0.3, -0.25) is 0 Å². The van der Waals surface area contributed by atoms with Crippen LogP contribution < -0.4 is 5.32 Å². The summed E-state index contributed by atoms with van der Waals surface area (Å²) in [6.07, 6.45) is 5.36. The standard InChI is InChI=1S/C13H14ClN3O2/c1-9(7-17-5-4-15-8-17)16-10-2-3-11(13(18)19)12(14)6-10/h2-6,8-9,16H,7H2,1H3,(H,18,19). The minimum absolute atomic E-state index is 0.106. The number of anilines is 1. The number of carbonyl (C=O) groups is 1. The molecule has 1 atom stereocenters. The van der Waals surface area contributed by atoms with Crippen LogP contribution >= 0.6 is 11.6 Å². The van der Waals surface area contributed by atoms with E-state index >= 15 is 0 Å². The summed E-state index contributed by atoms with van der Waals surface area (Å²) in [6.45, 7) is 2.79. The van der Waals surface area contributed by atoms with Gasteiger partial charge in [0.05, 0.1) is 16.9 Å². The van der Waals surface area contributed by atoms with E-state index in [1.807, 2.05) is 17.7 Å². The Kier molecular flexibility index (Phi) is 4.06.